The molecule has 0 spiro atoms. The summed E-state index contributed by atoms with van der Waals surface area (Å²) >= 11 is 0. The standard InChI is InChI=1S/C21H22N4.2ClH/c1-2-8-17(9-3-1)20-16-25-19-11-5-4-10-18(19)22-21(25)24(20)15-14-23-12-6-7-13-23;;/h1-5,8-11,16H,6-7,12-15H2;2*1H. The van der Waals surface area contributed by atoms with E-state index in [9.17, 15) is 0 Å². The van der Waals surface area contributed by atoms with Gasteiger partial charge in [-0.2, -0.15) is 4.40 Å². The number of rotatable bonds is 4. The number of halogens is 2. The molecule has 1 aliphatic heterocycles. The Bertz CT molecular complexity index is 1020. The number of hydrogen-bond donors (Lipinski definition) is 2. The third-order valence-electron chi connectivity index (χ3n) is 5.51. The molecule has 2 aromatic heterocycles. The monoisotopic (exact) mass is 402 g/mol. The molecule has 0 bridgehead atoms. The van der Waals surface area contributed by atoms with Crippen molar-refractivity contribution in [2.45, 2.75) is 19.4 Å². The van der Waals surface area contributed by atoms with Crippen LogP contribution in [0.4, 0.5) is 0 Å². The van der Waals surface area contributed by atoms with Crippen molar-refractivity contribution in [3.05, 3.63) is 60.8 Å². The lowest BCUT2D eigenvalue weighted by Crippen LogP contribution is -3.10. The maximum Gasteiger partial charge on any atom is 0.368 e. The normalized spacial score (nSPS) is 14.4. The van der Waals surface area contributed by atoms with Crippen molar-refractivity contribution in [2.75, 3.05) is 19.6 Å². The Morgan fingerprint density at radius 1 is 0.926 bits per heavy atom. The van der Waals surface area contributed by atoms with Crippen molar-refractivity contribution in [1.82, 2.24) is 9.55 Å². The summed E-state index contributed by atoms with van der Waals surface area (Å²) in [5, 5.41) is 0. The van der Waals surface area contributed by atoms with Crippen molar-refractivity contribution in [2.24, 2.45) is 0 Å². The second kappa shape index (κ2) is 8.34. The summed E-state index contributed by atoms with van der Waals surface area (Å²) < 4.78 is 4.76. The van der Waals surface area contributed by atoms with Crippen LogP contribution in [0.25, 0.3) is 28.1 Å². The number of benzene rings is 2. The quantitative estimate of drug-likeness (QED) is 0.326. The number of H-pyrrole nitrogens is 1. The summed E-state index contributed by atoms with van der Waals surface area (Å²) in [7, 11) is 0. The Balaban J connectivity index is 0.00000105. The third-order valence-corrected chi connectivity index (χ3v) is 5.51. The summed E-state index contributed by atoms with van der Waals surface area (Å²) in [5.41, 5.74) is 5.00. The van der Waals surface area contributed by atoms with Crippen molar-refractivity contribution in [1.29, 1.82) is 0 Å². The maximum absolute atomic E-state index is 3.63. The van der Waals surface area contributed by atoms with Gasteiger partial charge in [-0.15, -0.1) is 0 Å². The minimum atomic E-state index is 0. The van der Waals surface area contributed by atoms with E-state index in [1.807, 2.05) is 0 Å². The van der Waals surface area contributed by atoms with E-state index in [0.29, 0.717) is 0 Å². The number of aromatic amines is 1. The van der Waals surface area contributed by atoms with Crippen molar-refractivity contribution in [3.63, 3.8) is 0 Å². The molecule has 4 nitrogen and oxygen atoms in total. The zero-order valence-electron chi connectivity index (χ0n) is 15.2. The van der Waals surface area contributed by atoms with Crippen LogP contribution in [-0.4, -0.2) is 29.2 Å². The minimum Gasteiger partial charge on any atom is -1.00 e. The molecule has 0 saturated carbocycles. The van der Waals surface area contributed by atoms with Gasteiger partial charge in [0.25, 0.3) is 0 Å². The van der Waals surface area contributed by atoms with Gasteiger partial charge in [-0.1, -0.05) is 42.5 Å². The zero-order valence-corrected chi connectivity index (χ0v) is 16.7. The van der Waals surface area contributed by atoms with Gasteiger partial charge in [0.05, 0.1) is 13.1 Å². The first-order chi connectivity index (χ1) is 12.4. The molecule has 5 rings (SSSR count). The van der Waals surface area contributed by atoms with Gasteiger partial charge in [0.1, 0.15) is 36.0 Å². The van der Waals surface area contributed by atoms with E-state index in [1.165, 1.54) is 60.5 Å². The van der Waals surface area contributed by atoms with Crippen LogP contribution < -0.4 is 34.1 Å². The van der Waals surface area contributed by atoms with E-state index in [-0.39, 0.29) is 24.8 Å². The number of nitrogens with one attached hydrogen (secondary N) is 2. The first kappa shape index (κ1) is 19.7. The van der Waals surface area contributed by atoms with Crippen LogP contribution >= 0.6 is 0 Å². The van der Waals surface area contributed by atoms with Crippen LogP contribution in [0.3, 0.4) is 0 Å². The molecule has 1 fully saturated rings. The van der Waals surface area contributed by atoms with Gasteiger partial charge >= 0.3 is 5.78 Å². The van der Waals surface area contributed by atoms with Crippen molar-refractivity contribution >= 4 is 16.8 Å². The van der Waals surface area contributed by atoms with Gasteiger partial charge in [-0.25, -0.2) is 9.55 Å². The molecule has 142 valence electrons. The summed E-state index contributed by atoms with van der Waals surface area (Å²) in [5.74, 6) is 1.18. The number of aromatic nitrogens is 3. The van der Waals surface area contributed by atoms with Crippen LogP contribution in [-0.2, 0) is 6.54 Å². The summed E-state index contributed by atoms with van der Waals surface area (Å²) in [6.07, 6.45) is 5.04. The molecule has 2 aromatic carbocycles. The largest absolute Gasteiger partial charge is 1.00 e. The molecule has 27 heavy (non-hydrogen) atoms. The molecule has 0 atom stereocenters. The van der Waals surface area contributed by atoms with E-state index in [2.05, 4.69) is 74.7 Å². The summed E-state index contributed by atoms with van der Waals surface area (Å²) in [4.78, 5) is 5.37. The highest BCUT2D eigenvalue weighted by atomic mass is 35.5. The molecule has 3 heterocycles. The number of imidazole rings is 2. The van der Waals surface area contributed by atoms with E-state index in [1.54, 1.807) is 4.90 Å². The van der Waals surface area contributed by atoms with E-state index in [4.69, 9.17) is 0 Å². The molecule has 1 aliphatic rings. The second-order valence-electron chi connectivity index (χ2n) is 7.07. The topological polar surface area (TPSA) is 29.3 Å². The van der Waals surface area contributed by atoms with Crippen LogP contribution in [0.5, 0.6) is 0 Å². The highest BCUT2D eigenvalue weighted by molar-refractivity contribution is 5.74. The molecular weight excluding hydrogens is 379 g/mol. The second-order valence-corrected chi connectivity index (χ2v) is 7.07. The third kappa shape index (κ3) is 3.57. The molecule has 6 heteroatoms. The molecule has 1 saturated heterocycles. The maximum atomic E-state index is 3.63. The van der Waals surface area contributed by atoms with Crippen molar-refractivity contribution < 1.29 is 34.1 Å². The lowest BCUT2D eigenvalue weighted by atomic mass is 10.2. The molecule has 0 radical (unpaired) electrons. The van der Waals surface area contributed by atoms with Gasteiger partial charge in [0, 0.05) is 18.4 Å². The van der Waals surface area contributed by atoms with E-state index in [0.717, 1.165) is 6.54 Å². The number of fused-ring (bicyclic) bond motifs is 3. The van der Waals surface area contributed by atoms with Crippen molar-refractivity contribution in [3.8, 4) is 11.3 Å². The molecule has 2 N–H and O–H groups in total. The zero-order chi connectivity index (χ0) is 16.6. The average Bonchev–Trinajstić information content (AvgIpc) is 3.36. The predicted molar refractivity (Wildman–Crippen MR) is 99.7 cm³/mol. The Kier molecular flexibility index (Phi) is 6.10. The predicted octanol–water partition coefficient (Wildman–Crippen LogP) is -3.94. The number of hydrogen-bond acceptors (Lipinski definition) is 0. The summed E-state index contributed by atoms with van der Waals surface area (Å²) in [6.45, 7) is 4.89. The molecule has 0 amide bonds. The van der Waals surface area contributed by atoms with E-state index < -0.39 is 0 Å². The molecule has 0 unspecified atom stereocenters. The smallest absolute Gasteiger partial charge is 0.368 e. The lowest BCUT2D eigenvalue weighted by molar-refractivity contribution is -0.888. The van der Waals surface area contributed by atoms with E-state index >= 15 is 0 Å². The van der Waals surface area contributed by atoms with Gasteiger partial charge in [-0.3, -0.25) is 0 Å². The fraction of sp³-hybridized carbons (Fsp3) is 0.286. The first-order valence-electron chi connectivity index (χ1n) is 9.31. The van der Waals surface area contributed by atoms with Gasteiger partial charge < -0.3 is 29.7 Å². The van der Waals surface area contributed by atoms with Gasteiger partial charge in [0.2, 0.25) is 0 Å². The molecular formula is C21H24Cl2N4. The Labute approximate surface area is 171 Å². The number of likely N-dealkylation sites (tertiary alicyclic amines) is 1. The Morgan fingerprint density at radius 3 is 2.41 bits per heavy atom. The Morgan fingerprint density at radius 2 is 1.63 bits per heavy atom. The number of para-hydroxylation sites is 2. The highest BCUT2D eigenvalue weighted by Gasteiger charge is 2.24. The molecule has 0 aliphatic carbocycles. The highest BCUT2D eigenvalue weighted by Crippen LogP contribution is 2.22. The van der Waals surface area contributed by atoms with Crippen LogP contribution in [0, 0.1) is 0 Å². The minimum absolute atomic E-state index is 0. The SMILES string of the molecule is [Cl-].[Cl-].c1ccc(-c2c[n+]3c4ccccc4[nH]c3n2CC[NH+]2CCCC2)cc1. The summed E-state index contributed by atoms with van der Waals surface area (Å²) in [6, 6.07) is 19.3. The number of quaternary nitrogens is 1. The van der Waals surface area contributed by atoms with Crippen LogP contribution in [0.15, 0.2) is 60.8 Å². The first-order valence-corrected chi connectivity index (χ1v) is 9.31. The number of nitrogens with zero attached hydrogens (tertiary/aromatic N) is 2. The fourth-order valence-electron chi connectivity index (χ4n) is 4.18. The average molecular weight is 403 g/mol. The molecule has 4 aromatic rings. The van der Waals surface area contributed by atoms with Gasteiger partial charge in [0.15, 0.2) is 0 Å². The lowest BCUT2D eigenvalue weighted by Gasteiger charge is -2.11. The Hall–Kier alpha value is -2.01. The van der Waals surface area contributed by atoms with Crippen LogP contribution in [0.2, 0.25) is 0 Å². The van der Waals surface area contributed by atoms with Crippen LogP contribution in [0.1, 0.15) is 12.8 Å². The van der Waals surface area contributed by atoms with Gasteiger partial charge in [-0.05, 0) is 12.1 Å². The fourth-order valence-corrected chi connectivity index (χ4v) is 4.18.